The molecular weight excluding hydrogens is 268 g/mol. The summed E-state index contributed by atoms with van der Waals surface area (Å²) in [7, 11) is -2.89. The first-order valence-corrected chi connectivity index (χ1v) is 8.31. The normalized spacial score (nSPS) is 25.4. The lowest BCUT2D eigenvalue weighted by atomic mass is 10.1. The van der Waals surface area contributed by atoms with Gasteiger partial charge in [-0.1, -0.05) is 5.16 Å². The zero-order valence-electron chi connectivity index (χ0n) is 10.5. The third-order valence-electron chi connectivity index (χ3n) is 3.62. The topological polar surface area (TPSA) is 89.3 Å². The van der Waals surface area contributed by atoms with Crippen LogP contribution in [-0.4, -0.2) is 37.5 Å². The molecule has 3 rings (SSSR count). The van der Waals surface area contributed by atoms with Crippen LogP contribution in [0.15, 0.2) is 10.6 Å². The summed E-state index contributed by atoms with van der Waals surface area (Å²) in [5, 5.41) is 6.47. The molecule has 1 aliphatic heterocycles. The van der Waals surface area contributed by atoms with Gasteiger partial charge < -0.3 is 9.84 Å². The summed E-state index contributed by atoms with van der Waals surface area (Å²) in [6.45, 7) is 0.379. The predicted octanol–water partition coefficient (Wildman–Crippen LogP) is 0.716. The van der Waals surface area contributed by atoms with Crippen molar-refractivity contribution < 1.29 is 17.7 Å². The number of hydrogen-bond acceptors (Lipinski definition) is 5. The summed E-state index contributed by atoms with van der Waals surface area (Å²) in [6, 6.07) is 1.68. The highest BCUT2D eigenvalue weighted by Crippen LogP contribution is 2.40. The molecule has 1 aliphatic carbocycles. The summed E-state index contributed by atoms with van der Waals surface area (Å²) in [5.74, 6) is 1.31. The smallest absolute Gasteiger partial charge is 0.273 e. The van der Waals surface area contributed by atoms with E-state index in [-0.39, 0.29) is 29.0 Å². The Bertz CT molecular complexity index is 589. The van der Waals surface area contributed by atoms with Crippen molar-refractivity contribution >= 4 is 15.7 Å². The molecule has 104 valence electrons. The number of hydrogen-bond donors (Lipinski definition) is 1. The van der Waals surface area contributed by atoms with Gasteiger partial charge in [-0.25, -0.2) is 8.42 Å². The second-order valence-electron chi connectivity index (χ2n) is 5.37. The van der Waals surface area contributed by atoms with Crippen molar-refractivity contribution in [1.82, 2.24) is 10.5 Å². The van der Waals surface area contributed by atoms with Gasteiger partial charge in [0.1, 0.15) is 5.76 Å². The molecule has 7 heteroatoms. The molecule has 2 heterocycles. The maximum absolute atomic E-state index is 11.8. The van der Waals surface area contributed by atoms with Gasteiger partial charge in [0.2, 0.25) is 0 Å². The van der Waals surface area contributed by atoms with E-state index in [2.05, 4.69) is 10.5 Å². The fourth-order valence-electron chi connectivity index (χ4n) is 2.32. The molecule has 0 unspecified atom stereocenters. The first-order chi connectivity index (χ1) is 9.03. The van der Waals surface area contributed by atoms with Gasteiger partial charge in [-0.15, -0.1) is 0 Å². The van der Waals surface area contributed by atoms with Crippen molar-refractivity contribution in [2.24, 2.45) is 5.92 Å². The van der Waals surface area contributed by atoms with Crippen LogP contribution in [-0.2, 0) is 9.84 Å². The number of nitrogens with one attached hydrogen (secondary N) is 1. The molecule has 2 aliphatic rings. The van der Waals surface area contributed by atoms with E-state index in [4.69, 9.17) is 4.52 Å². The highest BCUT2D eigenvalue weighted by molar-refractivity contribution is 7.91. The van der Waals surface area contributed by atoms with E-state index < -0.39 is 9.84 Å². The maximum Gasteiger partial charge on any atom is 0.273 e. The Morgan fingerprint density at radius 3 is 2.84 bits per heavy atom. The number of aromatic nitrogens is 1. The molecule has 6 nitrogen and oxygen atoms in total. The SMILES string of the molecule is O=C(NC[C@H]1CCS(=O)(=O)C1)c1cc(C2CC2)on1. The van der Waals surface area contributed by atoms with Crippen LogP contribution >= 0.6 is 0 Å². The molecule has 1 atom stereocenters. The summed E-state index contributed by atoms with van der Waals surface area (Å²) in [5.41, 5.74) is 0.280. The minimum absolute atomic E-state index is 0.0174. The van der Waals surface area contributed by atoms with E-state index in [9.17, 15) is 13.2 Å². The standard InChI is InChI=1S/C12H16N2O4S/c15-12(10-5-11(18-14-10)9-1-2-9)13-6-8-3-4-19(16,17)7-8/h5,8-9H,1-4,6-7H2,(H,13,15)/t8-/m1/s1. The molecule has 1 saturated heterocycles. The van der Waals surface area contributed by atoms with Crippen LogP contribution < -0.4 is 5.32 Å². The largest absolute Gasteiger partial charge is 0.360 e. The fraction of sp³-hybridized carbons (Fsp3) is 0.667. The molecule has 19 heavy (non-hydrogen) atoms. The summed E-state index contributed by atoms with van der Waals surface area (Å²) >= 11 is 0. The van der Waals surface area contributed by atoms with Crippen LogP contribution in [0.4, 0.5) is 0 Å². The second kappa shape index (κ2) is 4.63. The Morgan fingerprint density at radius 2 is 2.21 bits per heavy atom. The Labute approximate surface area is 111 Å². The van der Waals surface area contributed by atoms with Crippen molar-refractivity contribution in [3.05, 3.63) is 17.5 Å². The summed E-state index contributed by atoms with van der Waals surface area (Å²) < 4.78 is 27.7. The Hall–Kier alpha value is -1.37. The minimum atomic E-state index is -2.89. The molecule has 0 spiro atoms. The van der Waals surface area contributed by atoms with Crippen LogP contribution in [0.1, 0.15) is 41.4 Å². The minimum Gasteiger partial charge on any atom is -0.360 e. The lowest BCUT2D eigenvalue weighted by Gasteiger charge is -2.07. The Kier molecular flexibility index (Phi) is 3.08. The number of carbonyl (C=O) groups is 1. The van der Waals surface area contributed by atoms with Crippen molar-refractivity contribution in [3.8, 4) is 0 Å². The van der Waals surface area contributed by atoms with Gasteiger partial charge in [0, 0.05) is 18.5 Å². The van der Waals surface area contributed by atoms with E-state index in [1.807, 2.05) is 0 Å². The maximum atomic E-state index is 11.8. The molecule has 1 aromatic rings. The first-order valence-electron chi connectivity index (χ1n) is 6.49. The average Bonchev–Trinajstić information content (AvgIpc) is 2.98. The second-order valence-corrected chi connectivity index (χ2v) is 7.60. The van der Waals surface area contributed by atoms with Crippen molar-refractivity contribution in [2.75, 3.05) is 18.1 Å². The van der Waals surface area contributed by atoms with Gasteiger partial charge >= 0.3 is 0 Å². The van der Waals surface area contributed by atoms with Crippen LogP contribution in [0, 0.1) is 5.92 Å². The van der Waals surface area contributed by atoms with Gasteiger partial charge in [0.25, 0.3) is 5.91 Å². The van der Waals surface area contributed by atoms with E-state index in [1.54, 1.807) is 6.07 Å². The highest BCUT2D eigenvalue weighted by atomic mass is 32.2. The van der Waals surface area contributed by atoms with E-state index in [0.29, 0.717) is 18.9 Å². The molecule has 1 amide bonds. The van der Waals surface area contributed by atoms with E-state index in [0.717, 1.165) is 18.6 Å². The Morgan fingerprint density at radius 1 is 1.42 bits per heavy atom. The molecule has 0 bridgehead atoms. The van der Waals surface area contributed by atoms with Crippen LogP contribution in [0.25, 0.3) is 0 Å². The van der Waals surface area contributed by atoms with Gasteiger partial charge in [-0.2, -0.15) is 0 Å². The van der Waals surface area contributed by atoms with Crippen LogP contribution in [0.2, 0.25) is 0 Å². The highest BCUT2D eigenvalue weighted by Gasteiger charge is 2.30. The third kappa shape index (κ3) is 2.97. The van der Waals surface area contributed by atoms with Gasteiger partial charge in [-0.3, -0.25) is 4.79 Å². The van der Waals surface area contributed by atoms with Crippen molar-refractivity contribution in [1.29, 1.82) is 0 Å². The lowest BCUT2D eigenvalue weighted by Crippen LogP contribution is -2.30. The molecule has 1 saturated carbocycles. The average molecular weight is 284 g/mol. The van der Waals surface area contributed by atoms with Gasteiger partial charge in [0.15, 0.2) is 15.5 Å². The zero-order valence-corrected chi connectivity index (χ0v) is 11.3. The number of rotatable bonds is 4. The molecule has 1 N–H and O–H groups in total. The predicted molar refractivity (Wildman–Crippen MR) is 67.6 cm³/mol. The number of carbonyl (C=O) groups excluding carboxylic acids is 1. The number of amides is 1. The third-order valence-corrected chi connectivity index (χ3v) is 5.46. The molecule has 0 aromatic carbocycles. The van der Waals surface area contributed by atoms with Crippen molar-refractivity contribution in [3.63, 3.8) is 0 Å². The molecule has 0 radical (unpaired) electrons. The van der Waals surface area contributed by atoms with E-state index in [1.165, 1.54) is 0 Å². The fourth-order valence-corrected chi connectivity index (χ4v) is 4.18. The van der Waals surface area contributed by atoms with Gasteiger partial charge in [0.05, 0.1) is 11.5 Å². The molecule has 1 aromatic heterocycles. The number of sulfone groups is 1. The quantitative estimate of drug-likeness (QED) is 0.879. The van der Waals surface area contributed by atoms with Gasteiger partial charge in [-0.05, 0) is 25.2 Å². The summed E-state index contributed by atoms with van der Waals surface area (Å²) in [4.78, 5) is 11.8. The molecule has 2 fully saturated rings. The monoisotopic (exact) mass is 284 g/mol. The van der Waals surface area contributed by atoms with Crippen LogP contribution in [0.5, 0.6) is 0 Å². The molecular formula is C12H16N2O4S. The van der Waals surface area contributed by atoms with E-state index >= 15 is 0 Å². The first kappa shape index (κ1) is 12.7. The van der Waals surface area contributed by atoms with Crippen LogP contribution in [0.3, 0.4) is 0 Å². The van der Waals surface area contributed by atoms with Crippen molar-refractivity contribution in [2.45, 2.75) is 25.2 Å². The Balaban J connectivity index is 1.53. The number of nitrogens with zero attached hydrogens (tertiary/aromatic N) is 1. The zero-order chi connectivity index (χ0) is 13.5. The lowest BCUT2D eigenvalue weighted by molar-refractivity contribution is 0.0939. The summed E-state index contributed by atoms with van der Waals surface area (Å²) in [6.07, 6.45) is 2.81.